The van der Waals surface area contributed by atoms with Crippen molar-refractivity contribution in [2.75, 3.05) is 20.6 Å². The second kappa shape index (κ2) is 2.21. The van der Waals surface area contributed by atoms with Gasteiger partial charge < -0.3 is 4.90 Å². The third-order valence-corrected chi connectivity index (χ3v) is 3.02. The van der Waals surface area contributed by atoms with Gasteiger partial charge in [0.2, 0.25) is 5.91 Å². The molecule has 2 rings (SSSR count). The fourth-order valence-electron chi connectivity index (χ4n) is 2.12. The number of carbonyl (C=O) groups excluding carboxylic acids is 1. The summed E-state index contributed by atoms with van der Waals surface area (Å²) in [5, 5.41) is 0. The number of likely N-dealkylation sites (tertiary alicyclic amines) is 2. The average Bonchev–Trinajstić information content (AvgIpc) is 2.24. The first-order valence-corrected chi connectivity index (χ1v) is 4.17. The number of hydrogen-bond donors (Lipinski definition) is 0. The Balaban J connectivity index is 2.22. The predicted molar refractivity (Wildman–Crippen MR) is 42.2 cm³/mol. The summed E-state index contributed by atoms with van der Waals surface area (Å²) in [5.74, 6) is 0.315. The van der Waals surface area contributed by atoms with Gasteiger partial charge in [0.15, 0.2) is 0 Å². The van der Waals surface area contributed by atoms with E-state index in [4.69, 9.17) is 0 Å². The van der Waals surface area contributed by atoms with E-state index in [1.54, 1.807) is 0 Å². The molecule has 1 amide bonds. The molecule has 0 aliphatic carbocycles. The zero-order chi connectivity index (χ0) is 8.01. The lowest BCUT2D eigenvalue weighted by Crippen LogP contribution is -2.38. The Labute approximate surface area is 67.0 Å². The number of likely N-dealkylation sites (N-methyl/N-ethyl adjacent to an activating group) is 2. The molecule has 2 aliphatic heterocycles. The van der Waals surface area contributed by atoms with Crippen LogP contribution in [0.5, 0.6) is 0 Å². The van der Waals surface area contributed by atoms with Crippen LogP contribution in [0.4, 0.5) is 0 Å². The lowest BCUT2D eigenvalue weighted by atomic mass is 10.0. The van der Waals surface area contributed by atoms with E-state index in [2.05, 4.69) is 4.90 Å². The second-order valence-corrected chi connectivity index (χ2v) is 3.62. The number of fused-ring (bicyclic) bond motifs is 2. The molecule has 2 bridgehead atoms. The zero-order valence-corrected chi connectivity index (χ0v) is 7.08. The van der Waals surface area contributed by atoms with E-state index in [9.17, 15) is 4.79 Å². The molecule has 11 heavy (non-hydrogen) atoms. The Morgan fingerprint density at radius 3 is 2.82 bits per heavy atom. The molecule has 0 N–H and O–H groups in total. The largest absolute Gasteiger partial charge is 0.341 e. The Kier molecular flexibility index (Phi) is 1.42. The van der Waals surface area contributed by atoms with Crippen molar-refractivity contribution < 1.29 is 4.79 Å². The molecule has 2 heterocycles. The van der Waals surface area contributed by atoms with E-state index in [0.29, 0.717) is 11.9 Å². The smallest absolute Gasteiger partial charge is 0.239 e. The van der Waals surface area contributed by atoms with Crippen LogP contribution in [0.1, 0.15) is 12.8 Å². The van der Waals surface area contributed by atoms with Crippen LogP contribution in [0.15, 0.2) is 0 Å². The first-order chi connectivity index (χ1) is 5.20. The van der Waals surface area contributed by atoms with E-state index in [1.165, 1.54) is 0 Å². The molecule has 0 saturated carbocycles. The van der Waals surface area contributed by atoms with Crippen molar-refractivity contribution in [3.8, 4) is 0 Å². The number of amides is 1. The first kappa shape index (κ1) is 7.10. The Hall–Kier alpha value is -0.570. The van der Waals surface area contributed by atoms with Gasteiger partial charge in [-0.2, -0.15) is 0 Å². The average molecular weight is 154 g/mol. The molecule has 2 aliphatic rings. The van der Waals surface area contributed by atoms with Gasteiger partial charge in [0, 0.05) is 19.6 Å². The van der Waals surface area contributed by atoms with Crippen LogP contribution in [-0.2, 0) is 4.79 Å². The highest BCUT2D eigenvalue weighted by molar-refractivity contribution is 5.84. The van der Waals surface area contributed by atoms with Gasteiger partial charge >= 0.3 is 0 Å². The molecule has 0 spiro atoms. The van der Waals surface area contributed by atoms with E-state index in [-0.39, 0.29) is 6.04 Å². The Morgan fingerprint density at radius 2 is 2.18 bits per heavy atom. The van der Waals surface area contributed by atoms with Crippen molar-refractivity contribution in [3.05, 3.63) is 0 Å². The van der Waals surface area contributed by atoms with Gasteiger partial charge in [-0.15, -0.1) is 0 Å². The first-order valence-electron chi connectivity index (χ1n) is 4.17. The monoisotopic (exact) mass is 154 g/mol. The number of piperidine rings is 1. The molecule has 2 fully saturated rings. The molecular formula is C8H14N2O. The Bertz CT molecular complexity index is 193. The summed E-state index contributed by atoms with van der Waals surface area (Å²) in [6.07, 6.45) is 2.20. The van der Waals surface area contributed by atoms with Crippen LogP contribution in [0, 0.1) is 0 Å². The standard InChI is InChI=1S/C8H14N2O/c1-9-4-3-6-5-7(9)8(11)10(6)2/h6-7H,3-5H2,1-2H3. The van der Waals surface area contributed by atoms with Crippen LogP contribution in [-0.4, -0.2) is 48.4 Å². The minimum absolute atomic E-state index is 0.193. The van der Waals surface area contributed by atoms with Gasteiger partial charge in [0.1, 0.15) is 0 Å². The molecule has 62 valence electrons. The van der Waals surface area contributed by atoms with Crippen LogP contribution >= 0.6 is 0 Å². The molecule has 0 aromatic heterocycles. The highest BCUT2D eigenvalue weighted by Gasteiger charge is 2.42. The van der Waals surface area contributed by atoms with Crippen molar-refractivity contribution in [3.63, 3.8) is 0 Å². The zero-order valence-electron chi connectivity index (χ0n) is 7.08. The molecule has 0 aromatic carbocycles. The number of carbonyl (C=O) groups is 1. The third kappa shape index (κ3) is 0.872. The lowest BCUT2D eigenvalue weighted by Gasteiger charge is -2.26. The molecule has 3 heteroatoms. The summed E-state index contributed by atoms with van der Waals surface area (Å²) in [5.41, 5.74) is 0. The quantitative estimate of drug-likeness (QED) is 0.487. The summed E-state index contributed by atoms with van der Waals surface area (Å²) in [6.45, 7) is 1.07. The number of rotatable bonds is 0. The summed E-state index contributed by atoms with van der Waals surface area (Å²) in [7, 11) is 3.96. The lowest BCUT2D eigenvalue weighted by molar-refractivity contribution is -0.130. The van der Waals surface area contributed by atoms with Gasteiger partial charge in [-0.3, -0.25) is 9.69 Å². The molecule has 2 unspecified atom stereocenters. The van der Waals surface area contributed by atoms with E-state index >= 15 is 0 Å². The number of nitrogens with zero attached hydrogens (tertiary/aromatic N) is 2. The van der Waals surface area contributed by atoms with Crippen molar-refractivity contribution in [2.45, 2.75) is 24.9 Å². The summed E-state index contributed by atoms with van der Waals surface area (Å²) < 4.78 is 0. The summed E-state index contributed by atoms with van der Waals surface area (Å²) >= 11 is 0. The van der Waals surface area contributed by atoms with Gasteiger partial charge in [-0.05, 0) is 19.9 Å². The van der Waals surface area contributed by atoms with Crippen LogP contribution in [0.2, 0.25) is 0 Å². The maximum Gasteiger partial charge on any atom is 0.239 e. The topological polar surface area (TPSA) is 23.6 Å². The molecular weight excluding hydrogens is 140 g/mol. The summed E-state index contributed by atoms with van der Waals surface area (Å²) in [4.78, 5) is 15.6. The van der Waals surface area contributed by atoms with E-state index in [0.717, 1.165) is 19.4 Å². The SMILES string of the molecule is CN1CCC2CC1C(=O)N2C. The van der Waals surface area contributed by atoms with Gasteiger partial charge in [-0.25, -0.2) is 0 Å². The van der Waals surface area contributed by atoms with Gasteiger partial charge in [0.05, 0.1) is 6.04 Å². The molecule has 0 aromatic rings. The molecule has 2 atom stereocenters. The van der Waals surface area contributed by atoms with E-state index < -0.39 is 0 Å². The highest BCUT2D eigenvalue weighted by atomic mass is 16.2. The maximum atomic E-state index is 11.5. The van der Waals surface area contributed by atoms with Gasteiger partial charge in [-0.1, -0.05) is 0 Å². The van der Waals surface area contributed by atoms with Crippen LogP contribution in [0.3, 0.4) is 0 Å². The van der Waals surface area contributed by atoms with Crippen LogP contribution < -0.4 is 0 Å². The summed E-state index contributed by atoms with van der Waals surface area (Å²) in [6, 6.07) is 0.724. The predicted octanol–water partition coefficient (Wildman–Crippen LogP) is -0.0788. The normalized spacial score (nSPS) is 38.4. The van der Waals surface area contributed by atoms with Crippen molar-refractivity contribution in [2.24, 2.45) is 0 Å². The van der Waals surface area contributed by atoms with Gasteiger partial charge in [0.25, 0.3) is 0 Å². The Morgan fingerprint density at radius 1 is 1.45 bits per heavy atom. The third-order valence-electron chi connectivity index (χ3n) is 3.02. The maximum absolute atomic E-state index is 11.5. The fraction of sp³-hybridized carbons (Fsp3) is 0.875. The molecule has 2 saturated heterocycles. The van der Waals surface area contributed by atoms with E-state index in [1.807, 2.05) is 19.0 Å². The second-order valence-electron chi connectivity index (χ2n) is 3.62. The highest BCUT2D eigenvalue weighted by Crippen LogP contribution is 2.28. The minimum Gasteiger partial charge on any atom is -0.341 e. The van der Waals surface area contributed by atoms with Crippen LogP contribution in [0.25, 0.3) is 0 Å². The van der Waals surface area contributed by atoms with Crippen molar-refractivity contribution >= 4 is 5.91 Å². The molecule has 0 radical (unpaired) electrons. The fourth-order valence-corrected chi connectivity index (χ4v) is 2.12. The molecule has 3 nitrogen and oxygen atoms in total. The van der Waals surface area contributed by atoms with Crippen molar-refractivity contribution in [1.29, 1.82) is 0 Å². The minimum atomic E-state index is 0.193. The number of hydrogen-bond acceptors (Lipinski definition) is 2. The van der Waals surface area contributed by atoms with Crippen molar-refractivity contribution in [1.82, 2.24) is 9.80 Å².